The Balaban J connectivity index is 1.92. The number of nitriles is 1. The van der Waals surface area contributed by atoms with Gasteiger partial charge in [-0.2, -0.15) is 5.26 Å². The third kappa shape index (κ3) is 5.00. The maximum Gasteiger partial charge on any atom is 0.0992 e. The van der Waals surface area contributed by atoms with Gasteiger partial charge in [0, 0.05) is 24.2 Å². The Morgan fingerprint density at radius 3 is 2.95 bits per heavy atom. The Hall–Kier alpha value is -1.08. The van der Waals surface area contributed by atoms with Gasteiger partial charge in [-0.3, -0.25) is 4.90 Å². The molecule has 1 unspecified atom stereocenters. The van der Waals surface area contributed by atoms with E-state index in [4.69, 9.17) is 16.9 Å². The van der Waals surface area contributed by atoms with Gasteiger partial charge in [0.25, 0.3) is 0 Å². The van der Waals surface area contributed by atoms with Gasteiger partial charge in [0.2, 0.25) is 0 Å². The van der Waals surface area contributed by atoms with Gasteiger partial charge in [0.05, 0.1) is 11.6 Å². The normalized spacial score (nSPS) is 19.7. The summed E-state index contributed by atoms with van der Waals surface area (Å²) in [7, 11) is 0. The van der Waals surface area contributed by atoms with Crippen LogP contribution in [-0.4, -0.2) is 30.6 Å². The van der Waals surface area contributed by atoms with Crippen LogP contribution in [0.5, 0.6) is 0 Å². The molecule has 0 radical (unpaired) electrons. The Morgan fingerprint density at radius 1 is 1.48 bits per heavy atom. The first-order valence-corrected chi connectivity index (χ1v) is 8.10. The first-order chi connectivity index (χ1) is 10.1. The molecule has 114 valence electrons. The van der Waals surface area contributed by atoms with E-state index in [0.717, 1.165) is 37.7 Å². The molecule has 0 saturated carbocycles. The molecule has 1 fully saturated rings. The summed E-state index contributed by atoms with van der Waals surface area (Å²) < 4.78 is 0. The maximum absolute atomic E-state index is 8.89. The van der Waals surface area contributed by atoms with Crippen LogP contribution in [0.2, 0.25) is 5.02 Å². The molecule has 1 aromatic carbocycles. The van der Waals surface area contributed by atoms with Crippen LogP contribution in [0.4, 0.5) is 0 Å². The fraction of sp³-hybridized carbons (Fsp3) is 0.588. The molecule has 4 heteroatoms. The summed E-state index contributed by atoms with van der Waals surface area (Å²) in [6, 6.07) is 8.27. The standard InChI is InChI=1S/C17H24ClN3/c1-13(2)20-10-15-4-3-7-21(11-15)12-16-6-5-14(9-19)8-17(16)18/h5-6,8,13,15,20H,3-4,7,10-12H2,1-2H3. The van der Waals surface area contributed by atoms with Crippen molar-refractivity contribution in [2.75, 3.05) is 19.6 Å². The molecule has 2 rings (SSSR count). The highest BCUT2D eigenvalue weighted by Crippen LogP contribution is 2.23. The van der Waals surface area contributed by atoms with Crippen LogP contribution in [0.25, 0.3) is 0 Å². The van der Waals surface area contributed by atoms with Crippen molar-refractivity contribution >= 4 is 11.6 Å². The summed E-state index contributed by atoms with van der Waals surface area (Å²) in [4.78, 5) is 2.48. The monoisotopic (exact) mass is 305 g/mol. The second-order valence-electron chi connectivity index (χ2n) is 6.22. The molecule has 0 aliphatic carbocycles. The lowest BCUT2D eigenvalue weighted by molar-refractivity contribution is 0.164. The van der Waals surface area contributed by atoms with Crippen LogP contribution >= 0.6 is 11.6 Å². The first kappa shape index (κ1) is 16.3. The third-order valence-electron chi connectivity index (χ3n) is 3.99. The SMILES string of the molecule is CC(C)NCC1CCCN(Cc2ccc(C#N)cc2Cl)C1. The molecule has 1 N–H and O–H groups in total. The highest BCUT2D eigenvalue weighted by molar-refractivity contribution is 6.31. The van der Waals surface area contributed by atoms with E-state index >= 15 is 0 Å². The number of nitrogens with zero attached hydrogens (tertiary/aromatic N) is 2. The smallest absolute Gasteiger partial charge is 0.0992 e. The number of likely N-dealkylation sites (tertiary alicyclic amines) is 1. The lowest BCUT2D eigenvalue weighted by Gasteiger charge is -2.33. The summed E-state index contributed by atoms with van der Waals surface area (Å²) in [5, 5.41) is 13.1. The van der Waals surface area contributed by atoms with Crippen LogP contribution < -0.4 is 5.32 Å². The van der Waals surface area contributed by atoms with Crippen molar-refractivity contribution in [1.82, 2.24) is 10.2 Å². The van der Waals surface area contributed by atoms with E-state index in [2.05, 4.69) is 30.1 Å². The Bertz CT molecular complexity index is 507. The van der Waals surface area contributed by atoms with Gasteiger partial charge in [0.15, 0.2) is 0 Å². The van der Waals surface area contributed by atoms with Crippen molar-refractivity contribution in [2.45, 2.75) is 39.3 Å². The minimum absolute atomic E-state index is 0.549. The minimum atomic E-state index is 0.549. The summed E-state index contributed by atoms with van der Waals surface area (Å²) >= 11 is 6.28. The molecule has 0 amide bonds. The number of hydrogen-bond acceptors (Lipinski definition) is 3. The maximum atomic E-state index is 8.89. The lowest BCUT2D eigenvalue weighted by Crippen LogP contribution is -2.40. The van der Waals surface area contributed by atoms with Crippen LogP contribution in [0.15, 0.2) is 18.2 Å². The van der Waals surface area contributed by atoms with Crippen molar-refractivity contribution in [2.24, 2.45) is 5.92 Å². The zero-order valence-corrected chi connectivity index (χ0v) is 13.7. The molecule has 1 aromatic rings. The van der Waals surface area contributed by atoms with Gasteiger partial charge in [-0.1, -0.05) is 31.5 Å². The average molecular weight is 306 g/mol. The van der Waals surface area contributed by atoms with Gasteiger partial charge in [-0.15, -0.1) is 0 Å². The summed E-state index contributed by atoms with van der Waals surface area (Å²) in [5.41, 5.74) is 1.74. The topological polar surface area (TPSA) is 39.1 Å². The number of halogens is 1. The number of rotatable bonds is 5. The third-order valence-corrected chi connectivity index (χ3v) is 4.35. The fourth-order valence-corrected chi connectivity index (χ4v) is 3.09. The Labute approximate surface area is 132 Å². The number of piperidine rings is 1. The van der Waals surface area contributed by atoms with Crippen molar-refractivity contribution in [3.05, 3.63) is 34.3 Å². The van der Waals surface area contributed by atoms with Crippen LogP contribution in [0.1, 0.15) is 37.8 Å². The molecule has 1 heterocycles. The zero-order chi connectivity index (χ0) is 15.2. The molecule has 0 bridgehead atoms. The van der Waals surface area contributed by atoms with Gasteiger partial charge in [0.1, 0.15) is 0 Å². The van der Waals surface area contributed by atoms with E-state index in [-0.39, 0.29) is 0 Å². The van der Waals surface area contributed by atoms with E-state index in [9.17, 15) is 0 Å². The van der Waals surface area contributed by atoms with Crippen LogP contribution in [0.3, 0.4) is 0 Å². The van der Waals surface area contributed by atoms with Crippen molar-refractivity contribution in [3.8, 4) is 6.07 Å². The summed E-state index contributed by atoms with van der Waals surface area (Å²) in [6.07, 6.45) is 2.55. The van der Waals surface area contributed by atoms with Crippen molar-refractivity contribution in [3.63, 3.8) is 0 Å². The van der Waals surface area contributed by atoms with Gasteiger partial charge < -0.3 is 5.32 Å². The molecule has 3 nitrogen and oxygen atoms in total. The molecule has 1 atom stereocenters. The van der Waals surface area contributed by atoms with Gasteiger partial charge in [-0.25, -0.2) is 0 Å². The molecule has 1 saturated heterocycles. The molecular weight excluding hydrogens is 282 g/mol. The van der Waals surface area contributed by atoms with Crippen molar-refractivity contribution < 1.29 is 0 Å². The molecule has 21 heavy (non-hydrogen) atoms. The first-order valence-electron chi connectivity index (χ1n) is 7.72. The zero-order valence-electron chi connectivity index (χ0n) is 12.9. The van der Waals surface area contributed by atoms with E-state index < -0.39 is 0 Å². The molecule has 1 aliphatic heterocycles. The number of hydrogen-bond donors (Lipinski definition) is 1. The van der Waals surface area contributed by atoms with E-state index in [1.807, 2.05) is 12.1 Å². The van der Waals surface area contributed by atoms with Gasteiger partial charge in [-0.05, 0) is 49.5 Å². The summed E-state index contributed by atoms with van der Waals surface area (Å²) in [6.45, 7) is 8.61. The van der Waals surface area contributed by atoms with Crippen LogP contribution in [0, 0.1) is 17.2 Å². The predicted molar refractivity (Wildman–Crippen MR) is 87.3 cm³/mol. The van der Waals surface area contributed by atoms with Crippen LogP contribution in [-0.2, 0) is 6.54 Å². The second kappa shape index (κ2) is 7.79. The van der Waals surface area contributed by atoms with E-state index in [0.29, 0.717) is 16.6 Å². The summed E-state index contributed by atoms with van der Waals surface area (Å²) in [5.74, 6) is 0.721. The highest BCUT2D eigenvalue weighted by atomic mass is 35.5. The lowest BCUT2D eigenvalue weighted by atomic mass is 9.97. The number of benzene rings is 1. The molecule has 0 aromatic heterocycles. The predicted octanol–water partition coefficient (Wildman–Crippen LogP) is 3.42. The van der Waals surface area contributed by atoms with Crippen molar-refractivity contribution in [1.29, 1.82) is 5.26 Å². The van der Waals surface area contributed by atoms with E-state index in [1.54, 1.807) is 6.07 Å². The average Bonchev–Trinajstić information content (AvgIpc) is 2.47. The van der Waals surface area contributed by atoms with E-state index in [1.165, 1.54) is 12.8 Å². The quantitative estimate of drug-likeness (QED) is 0.906. The Kier molecular flexibility index (Phi) is 6.05. The van der Waals surface area contributed by atoms with Gasteiger partial charge >= 0.3 is 0 Å². The Morgan fingerprint density at radius 2 is 2.29 bits per heavy atom. The largest absolute Gasteiger partial charge is 0.314 e. The molecule has 1 aliphatic rings. The fourth-order valence-electron chi connectivity index (χ4n) is 2.85. The number of nitrogens with one attached hydrogen (secondary N) is 1. The minimum Gasteiger partial charge on any atom is -0.314 e. The molecule has 0 spiro atoms. The molecular formula is C17H24ClN3. The second-order valence-corrected chi connectivity index (χ2v) is 6.63. The highest BCUT2D eigenvalue weighted by Gasteiger charge is 2.20.